The van der Waals surface area contributed by atoms with Crippen molar-refractivity contribution in [2.45, 2.75) is 43.8 Å². The molecule has 1 N–H and O–H groups in total. The van der Waals surface area contributed by atoms with Gasteiger partial charge >= 0.3 is 12.5 Å². The number of ether oxygens (including phenoxy) is 2. The molecule has 0 saturated carbocycles. The zero-order chi connectivity index (χ0) is 25.5. The van der Waals surface area contributed by atoms with E-state index in [9.17, 15) is 26.3 Å². The molecule has 0 spiro atoms. The van der Waals surface area contributed by atoms with Crippen LogP contribution in [-0.2, 0) is 6.42 Å². The average molecular weight is 516 g/mol. The van der Waals surface area contributed by atoms with Crippen LogP contribution in [-0.4, -0.2) is 72.7 Å². The Bertz CT molecular complexity index is 1080. The summed E-state index contributed by atoms with van der Waals surface area (Å²) in [5.41, 5.74) is 2.13. The Kier molecular flexibility index (Phi) is 6.67. The Balaban J connectivity index is 1.38. The van der Waals surface area contributed by atoms with E-state index in [1.165, 1.54) is 17.0 Å². The van der Waals surface area contributed by atoms with Gasteiger partial charge in [0.05, 0.1) is 36.8 Å². The molecule has 1 saturated heterocycles. The minimum Gasteiger partial charge on any atom is -0.395 e. The van der Waals surface area contributed by atoms with Crippen LogP contribution in [0.25, 0.3) is 0 Å². The maximum absolute atomic E-state index is 13.6. The lowest BCUT2D eigenvalue weighted by Gasteiger charge is -2.37. The number of aromatic nitrogens is 1. The Morgan fingerprint density at radius 1 is 1.11 bits per heavy atom. The molecular weight excluding hydrogens is 490 g/mol. The van der Waals surface area contributed by atoms with Crippen molar-refractivity contribution >= 4 is 5.69 Å². The summed E-state index contributed by atoms with van der Waals surface area (Å²) in [4.78, 5) is 7.89. The first-order chi connectivity index (χ1) is 17.1. The van der Waals surface area contributed by atoms with Crippen molar-refractivity contribution in [1.82, 2.24) is 14.8 Å². The minimum absolute atomic E-state index is 0.0751. The fourth-order valence-corrected chi connectivity index (χ4v) is 5.19. The van der Waals surface area contributed by atoms with E-state index in [2.05, 4.69) is 24.7 Å². The van der Waals surface area contributed by atoms with Gasteiger partial charge in [0.2, 0.25) is 0 Å². The van der Waals surface area contributed by atoms with Crippen molar-refractivity contribution in [3.05, 3.63) is 47.3 Å². The number of anilines is 1. The molecule has 4 heterocycles. The molecule has 3 aliphatic heterocycles. The summed E-state index contributed by atoms with van der Waals surface area (Å²) >= 11 is 0. The minimum atomic E-state index is -4.45. The molecule has 12 heteroatoms. The molecule has 5 rings (SSSR count). The zero-order valence-corrected chi connectivity index (χ0v) is 19.3. The molecule has 0 bridgehead atoms. The lowest BCUT2D eigenvalue weighted by molar-refractivity contribution is -0.286. The topological polar surface area (TPSA) is 49.9 Å². The molecule has 2 atom stereocenters. The summed E-state index contributed by atoms with van der Waals surface area (Å²) in [7, 11) is 0. The van der Waals surface area contributed by atoms with Gasteiger partial charge in [-0.1, -0.05) is 0 Å². The number of benzene rings is 1. The number of halogens is 6. The molecule has 0 amide bonds. The summed E-state index contributed by atoms with van der Waals surface area (Å²) in [5.74, 6) is -0.346. The molecule has 36 heavy (non-hydrogen) atoms. The second-order valence-corrected chi connectivity index (χ2v) is 9.35. The van der Waals surface area contributed by atoms with Gasteiger partial charge in [0.25, 0.3) is 0 Å². The highest BCUT2D eigenvalue weighted by molar-refractivity contribution is 5.53. The normalized spacial score (nSPS) is 23.6. The number of pyridine rings is 1. The molecule has 2 aromatic rings. The van der Waals surface area contributed by atoms with Gasteiger partial charge in [0, 0.05) is 32.2 Å². The van der Waals surface area contributed by atoms with Gasteiger partial charge in [-0.2, -0.15) is 13.2 Å². The first-order valence-electron chi connectivity index (χ1n) is 11.8. The van der Waals surface area contributed by atoms with Crippen molar-refractivity contribution in [3.8, 4) is 11.5 Å². The number of hydrogen-bond acceptors (Lipinski definition) is 6. The van der Waals surface area contributed by atoms with Gasteiger partial charge in [-0.25, -0.2) is 0 Å². The number of nitrogens with one attached hydrogen (secondary N) is 1. The van der Waals surface area contributed by atoms with E-state index in [4.69, 9.17) is 0 Å². The average Bonchev–Trinajstić information content (AvgIpc) is 3.37. The highest BCUT2D eigenvalue weighted by atomic mass is 19.4. The van der Waals surface area contributed by atoms with Gasteiger partial charge in [0.1, 0.15) is 0 Å². The summed E-state index contributed by atoms with van der Waals surface area (Å²) < 4.78 is 88.9. The third kappa shape index (κ3) is 5.49. The molecule has 0 radical (unpaired) electrons. The highest BCUT2D eigenvalue weighted by Crippen LogP contribution is 2.47. The van der Waals surface area contributed by atoms with Crippen molar-refractivity contribution in [3.63, 3.8) is 0 Å². The van der Waals surface area contributed by atoms with E-state index < -0.39 is 25.1 Å². The Morgan fingerprint density at radius 2 is 1.89 bits per heavy atom. The standard InChI is InChI=1S/C24H26F6N4O2/c25-6-1-7-33-8-5-17(13-33)32-16-2-3-19(31-12-16)22-18-11-21-20(35-24(29,30)36-21)10-15(18)4-9-34(22)14-23(26,27)28/h2-3,10-12,17,22,32H,1,4-9,13-14H2. The molecule has 2 unspecified atom stereocenters. The Labute approximate surface area is 204 Å². The van der Waals surface area contributed by atoms with Gasteiger partial charge in [0.15, 0.2) is 11.5 Å². The third-order valence-electron chi connectivity index (χ3n) is 6.69. The van der Waals surface area contributed by atoms with Crippen LogP contribution >= 0.6 is 0 Å². The summed E-state index contributed by atoms with van der Waals surface area (Å²) in [6.45, 7) is 0.900. The molecule has 3 aliphatic rings. The molecule has 6 nitrogen and oxygen atoms in total. The fourth-order valence-electron chi connectivity index (χ4n) is 5.19. The number of fused-ring (bicyclic) bond motifs is 2. The summed E-state index contributed by atoms with van der Waals surface area (Å²) in [6.07, 6.45) is -5.07. The molecule has 1 aromatic carbocycles. The predicted molar refractivity (Wildman–Crippen MR) is 119 cm³/mol. The number of nitrogens with zero attached hydrogens (tertiary/aromatic N) is 3. The quantitative estimate of drug-likeness (QED) is 0.536. The van der Waals surface area contributed by atoms with Gasteiger partial charge in [-0.05, 0) is 54.7 Å². The zero-order valence-electron chi connectivity index (χ0n) is 19.3. The second kappa shape index (κ2) is 9.62. The van der Waals surface area contributed by atoms with E-state index in [0.717, 1.165) is 25.2 Å². The van der Waals surface area contributed by atoms with Crippen LogP contribution in [0.3, 0.4) is 0 Å². The molecular formula is C24H26F6N4O2. The number of hydrogen-bond donors (Lipinski definition) is 1. The molecule has 1 fully saturated rings. The van der Waals surface area contributed by atoms with E-state index in [-0.39, 0.29) is 37.2 Å². The van der Waals surface area contributed by atoms with E-state index in [0.29, 0.717) is 29.8 Å². The number of alkyl halides is 6. The molecule has 196 valence electrons. The van der Waals surface area contributed by atoms with E-state index >= 15 is 0 Å². The monoisotopic (exact) mass is 516 g/mol. The number of rotatable bonds is 7. The lowest BCUT2D eigenvalue weighted by atomic mass is 9.89. The summed E-state index contributed by atoms with van der Waals surface area (Å²) in [6, 6.07) is 5.42. The van der Waals surface area contributed by atoms with Crippen molar-refractivity contribution in [2.75, 3.05) is 44.7 Å². The van der Waals surface area contributed by atoms with E-state index in [1.54, 1.807) is 18.3 Å². The molecule has 0 aliphatic carbocycles. The van der Waals surface area contributed by atoms with Crippen molar-refractivity contribution < 1.29 is 35.8 Å². The van der Waals surface area contributed by atoms with Crippen molar-refractivity contribution in [1.29, 1.82) is 0 Å². The summed E-state index contributed by atoms with van der Waals surface area (Å²) in [5, 5.41) is 3.38. The van der Waals surface area contributed by atoms with Crippen LogP contribution in [0.5, 0.6) is 11.5 Å². The van der Waals surface area contributed by atoms with Crippen molar-refractivity contribution in [2.24, 2.45) is 0 Å². The highest BCUT2D eigenvalue weighted by Gasteiger charge is 2.45. The van der Waals surface area contributed by atoms with Crippen LogP contribution in [0.2, 0.25) is 0 Å². The predicted octanol–water partition coefficient (Wildman–Crippen LogP) is 4.76. The van der Waals surface area contributed by atoms with Crippen LogP contribution in [0, 0.1) is 0 Å². The van der Waals surface area contributed by atoms with Gasteiger partial charge in [-0.15, -0.1) is 8.78 Å². The van der Waals surface area contributed by atoms with Crippen LogP contribution in [0.15, 0.2) is 30.5 Å². The third-order valence-corrected chi connectivity index (χ3v) is 6.69. The van der Waals surface area contributed by atoms with Gasteiger partial charge < -0.3 is 19.7 Å². The van der Waals surface area contributed by atoms with Crippen LogP contribution in [0.4, 0.5) is 32.0 Å². The lowest BCUT2D eigenvalue weighted by Crippen LogP contribution is -2.42. The first-order valence-corrected chi connectivity index (χ1v) is 11.8. The maximum atomic E-state index is 13.6. The smallest absolute Gasteiger partial charge is 0.395 e. The van der Waals surface area contributed by atoms with Crippen LogP contribution < -0.4 is 14.8 Å². The second-order valence-electron chi connectivity index (χ2n) is 9.35. The maximum Gasteiger partial charge on any atom is 0.586 e. The molecule has 1 aromatic heterocycles. The SMILES string of the molecule is FCCCN1CCC(Nc2ccc(C3c4cc5c(cc4CCN3CC(F)(F)F)OC(F)(F)O5)nc2)C1. The van der Waals surface area contributed by atoms with E-state index in [1.807, 2.05) is 0 Å². The first kappa shape index (κ1) is 24.9. The Hall–Kier alpha value is -2.73. The Morgan fingerprint density at radius 3 is 2.58 bits per heavy atom. The largest absolute Gasteiger partial charge is 0.586 e. The van der Waals surface area contributed by atoms with Gasteiger partial charge in [-0.3, -0.25) is 14.3 Å². The fraction of sp³-hybridized carbons (Fsp3) is 0.542. The number of likely N-dealkylation sites (tertiary alicyclic amines) is 1. The van der Waals surface area contributed by atoms with Crippen LogP contribution in [0.1, 0.15) is 35.7 Å².